The summed E-state index contributed by atoms with van der Waals surface area (Å²) in [5.41, 5.74) is 0. The van der Waals surface area contributed by atoms with Gasteiger partial charge in [-0.3, -0.25) is 9.59 Å². The molecule has 1 N–H and O–H groups in total. The van der Waals surface area contributed by atoms with Crippen LogP contribution in [0.3, 0.4) is 0 Å². The van der Waals surface area contributed by atoms with Gasteiger partial charge in [-0.15, -0.1) is 0 Å². The van der Waals surface area contributed by atoms with Crippen molar-refractivity contribution >= 4 is 11.8 Å². The van der Waals surface area contributed by atoms with Gasteiger partial charge in [0, 0.05) is 13.2 Å². The molecule has 0 aromatic rings. The van der Waals surface area contributed by atoms with Crippen LogP contribution >= 0.6 is 0 Å². The van der Waals surface area contributed by atoms with Gasteiger partial charge in [0.2, 0.25) is 11.8 Å². The van der Waals surface area contributed by atoms with E-state index in [2.05, 4.69) is 5.32 Å². The molecular formula is C15H24N2O3. The molecule has 2 saturated carbocycles. The maximum Gasteiger partial charge on any atom is 0.246 e. The fraction of sp³-hybridized carbons (Fsp3) is 0.867. The number of nitrogens with zero attached hydrogens (tertiary/aromatic N) is 1. The number of hydrogen-bond donors (Lipinski definition) is 1. The van der Waals surface area contributed by atoms with E-state index in [0.717, 1.165) is 38.5 Å². The van der Waals surface area contributed by atoms with Crippen molar-refractivity contribution in [3.8, 4) is 0 Å². The highest BCUT2D eigenvalue weighted by Gasteiger charge is 2.47. The minimum atomic E-state index is -0.349. The van der Waals surface area contributed by atoms with Crippen LogP contribution in [0.15, 0.2) is 0 Å². The largest absolute Gasteiger partial charge is 0.381 e. The van der Waals surface area contributed by atoms with Crippen molar-refractivity contribution in [2.24, 2.45) is 5.92 Å². The lowest BCUT2D eigenvalue weighted by atomic mass is 9.89. The minimum absolute atomic E-state index is 0.000963. The SMILES string of the molecule is COC1CCCC(N2C(=O)C(C3CC3)NC(=O)C2C)C1. The Hall–Kier alpha value is -1.10. The molecule has 112 valence electrons. The van der Waals surface area contributed by atoms with Gasteiger partial charge in [0.25, 0.3) is 0 Å². The van der Waals surface area contributed by atoms with E-state index >= 15 is 0 Å². The van der Waals surface area contributed by atoms with Crippen LogP contribution in [0.5, 0.6) is 0 Å². The Morgan fingerprint density at radius 2 is 1.95 bits per heavy atom. The number of piperazine rings is 1. The third-order valence-electron chi connectivity index (χ3n) is 5.03. The van der Waals surface area contributed by atoms with E-state index in [1.165, 1.54) is 0 Å². The second kappa shape index (κ2) is 5.35. The number of rotatable bonds is 3. The van der Waals surface area contributed by atoms with E-state index in [1.807, 2.05) is 11.8 Å². The first-order valence-electron chi connectivity index (χ1n) is 7.77. The summed E-state index contributed by atoms with van der Waals surface area (Å²) in [7, 11) is 1.73. The summed E-state index contributed by atoms with van der Waals surface area (Å²) in [5, 5.41) is 2.91. The monoisotopic (exact) mass is 280 g/mol. The summed E-state index contributed by atoms with van der Waals surface area (Å²) in [6, 6.07) is -0.469. The Morgan fingerprint density at radius 3 is 2.60 bits per heavy atom. The predicted molar refractivity (Wildman–Crippen MR) is 74.0 cm³/mol. The zero-order valence-corrected chi connectivity index (χ0v) is 12.3. The van der Waals surface area contributed by atoms with Gasteiger partial charge in [0.05, 0.1) is 6.10 Å². The molecule has 4 atom stereocenters. The van der Waals surface area contributed by atoms with Crippen LogP contribution < -0.4 is 5.32 Å². The number of amides is 2. The molecule has 0 radical (unpaired) electrons. The van der Waals surface area contributed by atoms with E-state index in [4.69, 9.17) is 4.74 Å². The smallest absolute Gasteiger partial charge is 0.246 e. The van der Waals surface area contributed by atoms with E-state index < -0.39 is 0 Å². The van der Waals surface area contributed by atoms with Crippen LogP contribution in [0.4, 0.5) is 0 Å². The molecule has 5 nitrogen and oxygen atoms in total. The van der Waals surface area contributed by atoms with Gasteiger partial charge in [-0.2, -0.15) is 0 Å². The summed E-state index contributed by atoms with van der Waals surface area (Å²) in [6.07, 6.45) is 6.31. The zero-order valence-electron chi connectivity index (χ0n) is 12.3. The molecule has 4 unspecified atom stereocenters. The van der Waals surface area contributed by atoms with Crippen molar-refractivity contribution in [2.45, 2.75) is 69.7 Å². The Bertz CT molecular complexity index is 408. The molecule has 1 aliphatic heterocycles. The number of ether oxygens (including phenoxy) is 1. The van der Waals surface area contributed by atoms with Crippen LogP contribution in [0.25, 0.3) is 0 Å². The van der Waals surface area contributed by atoms with E-state index in [-0.39, 0.29) is 36.0 Å². The van der Waals surface area contributed by atoms with Crippen LogP contribution in [-0.2, 0) is 14.3 Å². The fourth-order valence-electron chi connectivity index (χ4n) is 3.65. The minimum Gasteiger partial charge on any atom is -0.381 e. The van der Waals surface area contributed by atoms with Crippen molar-refractivity contribution in [1.29, 1.82) is 0 Å². The van der Waals surface area contributed by atoms with Crippen LogP contribution in [-0.4, -0.2) is 48.1 Å². The van der Waals surface area contributed by atoms with Crippen molar-refractivity contribution in [2.75, 3.05) is 7.11 Å². The topological polar surface area (TPSA) is 58.6 Å². The first-order valence-corrected chi connectivity index (χ1v) is 7.77. The van der Waals surface area contributed by atoms with Crippen LogP contribution in [0, 0.1) is 5.92 Å². The number of carbonyl (C=O) groups excluding carboxylic acids is 2. The van der Waals surface area contributed by atoms with Gasteiger partial charge in [0.15, 0.2) is 0 Å². The van der Waals surface area contributed by atoms with Crippen molar-refractivity contribution in [3.05, 3.63) is 0 Å². The number of carbonyl (C=O) groups is 2. The first kappa shape index (κ1) is 13.9. The number of nitrogens with one attached hydrogen (secondary N) is 1. The number of hydrogen-bond acceptors (Lipinski definition) is 3. The van der Waals surface area contributed by atoms with Crippen LogP contribution in [0.1, 0.15) is 45.4 Å². The molecule has 1 heterocycles. The molecule has 0 aromatic heterocycles. The van der Waals surface area contributed by atoms with Gasteiger partial charge in [-0.25, -0.2) is 0 Å². The van der Waals surface area contributed by atoms with Crippen LogP contribution in [0.2, 0.25) is 0 Å². The molecule has 0 spiro atoms. The highest BCUT2D eigenvalue weighted by molar-refractivity contribution is 5.97. The van der Waals surface area contributed by atoms with Gasteiger partial charge in [-0.1, -0.05) is 0 Å². The van der Waals surface area contributed by atoms with Gasteiger partial charge >= 0.3 is 0 Å². The lowest BCUT2D eigenvalue weighted by Gasteiger charge is -2.44. The maximum atomic E-state index is 12.7. The summed E-state index contributed by atoms with van der Waals surface area (Å²) in [6.45, 7) is 1.84. The fourth-order valence-corrected chi connectivity index (χ4v) is 3.65. The normalized spacial score (nSPS) is 38.8. The van der Waals surface area contributed by atoms with E-state index in [0.29, 0.717) is 5.92 Å². The summed E-state index contributed by atoms with van der Waals surface area (Å²) < 4.78 is 5.46. The summed E-state index contributed by atoms with van der Waals surface area (Å²) in [4.78, 5) is 26.7. The van der Waals surface area contributed by atoms with Crippen molar-refractivity contribution < 1.29 is 14.3 Å². The third kappa shape index (κ3) is 2.43. The molecule has 5 heteroatoms. The highest BCUT2D eigenvalue weighted by atomic mass is 16.5. The Balaban J connectivity index is 1.77. The second-order valence-corrected chi connectivity index (χ2v) is 6.42. The van der Waals surface area contributed by atoms with E-state index in [1.54, 1.807) is 7.11 Å². The molecule has 2 amide bonds. The lowest BCUT2D eigenvalue weighted by molar-refractivity contribution is -0.153. The van der Waals surface area contributed by atoms with Gasteiger partial charge in [-0.05, 0) is 51.4 Å². The molecule has 0 aromatic carbocycles. The molecule has 3 fully saturated rings. The Kier molecular flexibility index (Phi) is 3.71. The summed E-state index contributed by atoms with van der Waals surface area (Å²) in [5.74, 6) is 0.491. The third-order valence-corrected chi connectivity index (χ3v) is 5.03. The molecule has 3 aliphatic rings. The highest BCUT2D eigenvalue weighted by Crippen LogP contribution is 2.37. The average Bonchev–Trinajstić information content (AvgIpc) is 3.28. The molecule has 0 bridgehead atoms. The quantitative estimate of drug-likeness (QED) is 0.841. The lowest BCUT2D eigenvalue weighted by Crippen LogP contribution is -2.66. The average molecular weight is 280 g/mol. The number of methoxy groups -OCH3 is 1. The van der Waals surface area contributed by atoms with Crippen molar-refractivity contribution in [3.63, 3.8) is 0 Å². The summed E-state index contributed by atoms with van der Waals surface area (Å²) >= 11 is 0. The Labute approximate surface area is 120 Å². The predicted octanol–water partition coefficient (Wildman–Crippen LogP) is 1.07. The van der Waals surface area contributed by atoms with Crippen molar-refractivity contribution in [1.82, 2.24) is 10.2 Å². The first-order chi connectivity index (χ1) is 9.61. The second-order valence-electron chi connectivity index (χ2n) is 6.42. The zero-order chi connectivity index (χ0) is 14.3. The molecule has 3 rings (SSSR count). The molecule has 1 saturated heterocycles. The van der Waals surface area contributed by atoms with E-state index in [9.17, 15) is 9.59 Å². The molecular weight excluding hydrogens is 256 g/mol. The Morgan fingerprint density at radius 1 is 1.20 bits per heavy atom. The maximum absolute atomic E-state index is 12.7. The van der Waals surface area contributed by atoms with Gasteiger partial charge < -0.3 is 15.0 Å². The molecule has 2 aliphatic carbocycles. The van der Waals surface area contributed by atoms with Gasteiger partial charge in [0.1, 0.15) is 12.1 Å². The standard InChI is InChI=1S/C15H24N2O3/c1-9-14(18)16-13(10-6-7-10)15(19)17(9)11-4-3-5-12(8-11)20-2/h9-13H,3-8H2,1-2H3,(H,16,18). The molecule has 20 heavy (non-hydrogen) atoms.